The number of aromatic nitrogens is 2. The average molecular weight is 668 g/mol. The molecule has 3 saturated carbocycles. The molecule has 234 valence electrons. The van der Waals surface area contributed by atoms with Crippen LogP contribution in [0.2, 0.25) is 18.1 Å². The molecule has 1 aromatic heterocycles. The van der Waals surface area contributed by atoms with Crippen LogP contribution in [0.25, 0.3) is 10.8 Å². The van der Waals surface area contributed by atoms with Crippen molar-refractivity contribution in [1.82, 2.24) is 9.36 Å². The van der Waals surface area contributed by atoms with E-state index in [2.05, 4.69) is 87.4 Å². The van der Waals surface area contributed by atoms with Crippen LogP contribution < -0.4 is 11.1 Å². The zero-order chi connectivity index (χ0) is 31.0. The van der Waals surface area contributed by atoms with Crippen LogP contribution in [-0.2, 0) is 15.5 Å². The van der Waals surface area contributed by atoms with Gasteiger partial charge in [0.15, 0.2) is 8.32 Å². The van der Waals surface area contributed by atoms with Crippen molar-refractivity contribution in [3.05, 3.63) is 57.1 Å². The van der Waals surface area contributed by atoms with Crippen LogP contribution in [0, 0.1) is 34.5 Å². The topological polar surface area (TPSA) is 53.2 Å². The van der Waals surface area contributed by atoms with Crippen molar-refractivity contribution >= 4 is 35.0 Å². The van der Waals surface area contributed by atoms with Gasteiger partial charge in [0.25, 0.3) is 11.1 Å². The fraction of sp³-hybridized carbons (Fsp3) is 0.722. The van der Waals surface area contributed by atoms with E-state index < -0.39 is 19.4 Å². The van der Waals surface area contributed by atoms with Crippen LogP contribution in [0.15, 0.2) is 46.0 Å². The third kappa shape index (κ3) is 3.59. The standard InChI is InChI=1S/C36H51BrN2O3Si/c1-23(22-37)27-13-14-28-33(27,5)17-16-29-34(6)18-15-24(42-43(7,8)32(2,3)4)21-35(34)19-20-36(28,29)39-31(41)26-12-10-9-11-25(26)30(40)38(35)39/h9-12,19-20,23-24,27-29H,13-18,21-22H2,1-8H3/t23-,24+,27-,28-,29-,33-,34-,35-,36+/m1/s1. The number of alkyl halides is 1. The molecule has 6 aliphatic rings. The van der Waals surface area contributed by atoms with Gasteiger partial charge in [-0.2, -0.15) is 0 Å². The lowest BCUT2D eigenvalue weighted by molar-refractivity contribution is -0.200. The summed E-state index contributed by atoms with van der Waals surface area (Å²) in [5, 5.41) is 2.23. The highest BCUT2D eigenvalue weighted by Crippen LogP contribution is 2.74. The fourth-order valence-electron chi connectivity index (χ4n) is 11.2. The van der Waals surface area contributed by atoms with E-state index in [1.807, 2.05) is 28.9 Å². The molecule has 5 nitrogen and oxygen atoms in total. The summed E-state index contributed by atoms with van der Waals surface area (Å²) < 4.78 is 11.2. The lowest BCUT2D eigenvalue weighted by Crippen LogP contribution is -2.78. The number of hydrogen-bond donors (Lipinski definition) is 0. The predicted molar refractivity (Wildman–Crippen MR) is 182 cm³/mol. The molecule has 3 fully saturated rings. The normalized spacial score (nSPS) is 40.6. The molecule has 0 unspecified atom stereocenters. The van der Waals surface area contributed by atoms with Crippen molar-refractivity contribution < 1.29 is 4.43 Å². The molecule has 1 aromatic carbocycles. The van der Waals surface area contributed by atoms with E-state index in [0.29, 0.717) is 34.4 Å². The molecule has 0 radical (unpaired) electrons. The first-order valence-corrected chi connectivity index (χ1v) is 20.8. The van der Waals surface area contributed by atoms with Gasteiger partial charge in [0.2, 0.25) is 0 Å². The molecule has 7 heteroatoms. The van der Waals surface area contributed by atoms with Crippen LogP contribution in [0.3, 0.4) is 0 Å². The number of fused-ring (bicyclic) bond motifs is 2. The van der Waals surface area contributed by atoms with Crippen LogP contribution in [0.5, 0.6) is 0 Å². The smallest absolute Gasteiger partial charge is 0.274 e. The number of rotatable bonds is 4. The minimum atomic E-state index is -2.04. The number of halogens is 1. The third-order valence-corrected chi connectivity index (χ3v) is 19.9. The van der Waals surface area contributed by atoms with Gasteiger partial charge in [-0.3, -0.25) is 9.59 Å². The first kappa shape index (κ1) is 30.2. The molecular weight excluding hydrogens is 616 g/mol. The van der Waals surface area contributed by atoms with Crippen LogP contribution >= 0.6 is 15.9 Å². The summed E-state index contributed by atoms with van der Waals surface area (Å²) >= 11 is 3.81. The molecule has 43 heavy (non-hydrogen) atoms. The second kappa shape index (κ2) is 9.31. The molecule has 9 atom stereocenters. The second-order valence-electron chi connectivity index (χ2n) is 17.0. The summed E-state index contributed by atoms with van der Waals surface area (Å²) in [6.07, 6.45) is 12.3. The number of benzene rings is 1. The lowest BCUT2D eigenvalue weighted by atomic mass is 9.40. The van der Waals surface area contributed by atoms with Crippen molar-refractivity contribution in [3.63, 3.8) is 0 Å². The van der Waals surface area contributed by atoms with E-state index in [1.54, 1.807) is 0 Å². The van der Waals surface area contributed by atoms with E-state index in [0.717, 1.165) is 37.4 Å². The molecule has 4 aliphatic carbocycles. The summed E-state index contributed by atoms with van der Waals surface area (Å²) in [7, 11) is -2.04. The zero-order valence-corrected chi connectivity index (χ0v) is 30.1. The molecule has 0 saturated heterocycles. The first-order chi connectivity index (χ1) is 20.1. The third-order valence-electron chi connectivity index (χ3n) is 14.3. The Hall–Kier alpha value is -1.44. The molecule has 3 heterocycles. The summed E-state index contributed by atoms with van der Waals surface area (Å²) in [5.41, 5.74) is -1.07. The summed E-state index contributed by atoms with van der Waals surface area (Å²) in [5.74, 6) is 1.81. The van der Waals surface area contributed by atoms with Gasteiger partial charge in [-0.15, -0.1) is 0 Å². The molecule has 2 bridgehead atoms. The van der Waals surface area contributed by atoms with Gasteiger partial charge in [-0.25, -0.2) is 9.36 Å². The van der Waals surface area contributed by atoms with E-state index in [1.165, 1.54) is 12.8 Å². The Morgan fingerprint density at radius 2 is 1.60 bits per heavy atom. The van der Waals surface area contributed by atoms with Gasteiger partial charge in [0, 0.05) is 23.3 Å². The summed E-state index contributed by atoms with van der Waals surface area (Å²) in [6, 6.07) is 7.55. The molecule has 0 amide bonds. The zero-order valence-electron chi connectivity index (χ0n) is 27.5. The van der Waals surface area contributed by atoms with Crippen molar-refractivity contribution in [1.29, 1.82) is 0 Å². The Balaban J connectivity index is 1.49. The van der Waals surface area contributed by atoms with E-state index in [9.17, 15) is 9.59 Å². The van der Waals surface area contributed by atoms with Gasteiger partial charge < -0.3 is 4.43 Å². The Bertz CT molecular complexity index is 1640. The maximum atomic E-state index is 14.9. The average Bonchev–Trinajstić information content (AvgIpc) is 3.32. The molecule has 0 N–H and O–H groups in total. The van der Waals surface area contributed by atoms with Gasteiger partial charge in [-0.1, -0.05) is 81.8 Å². The highest BCUT2D eigenvalue weighted by Gasteiger charge is 2.74. The quantitative estimate of drug-likeness (QED) is 0.188. The minimum absolute atomic E-state index is 0.00720. The maximum absolute atomic E-state index is 14.9. The minimum Gasteiger partial charge on any atom is -0.414 e. The molecule has 2 aliphatic heterocycles. The molecule has 8 rings (SSSR count). The van der Waals surface area contributed by atoms with E-state index >= 15 is 0 Å². The Labute approximate surface area is 266 Å². The molecule has 2 spiro atoms. The van der Waals surface area contributed by atoms with Crippen molar-refractivity contribution in [2.45, 2.75) is 122 Å². The second-order valence-corrected chi connectivity index (χ2v) is 22.5. The largest absolute Gasteiger partial charge is 0.414 e. The van der Waals surface area contributed by atoms with Crippen LogP contribution in [-0.4, -0.2) is 29.1 Å². The van der Waals surface area contributed by atoms with E-state index in [4.69, 9.17) is 4.43 Å². The van der Waals surface area contributed by atoms with E-state index in [-0.39, 0.29) is 33.1 Å². The Kier molecular flexibility index (Phi) is 6.54. The Morgan fingerprint density at radius 1 is 0.953 bits per heavy atom. The van der Waals surface area contributed by atoms with Crippen LogP contribution in [0.1, 0.15) is 86.5 Å². The SMILES string of the molecule is C[C@H](CBr)[C@H]1CC[C@@H]2[C@]1(C)CC[C@H]1[C@]23C=C[C@]2(C[C@@H](O[Si](C)(C)C(C)(C)C)CC[C@]12C)n1c(=O)c2ccccc2c(=O)n13. The first-order valence-electron chi connectivity index (χ1n) is 16.8. The summed E-state index contributed by atoms with van der Waals surface area (Å²) in [6.45, 7) is 19.0. The predicted octanol–water partition coefficient (Wildman–Crippen LogP) is 8.19. The number of nitrogens with zero attached hydrogens (tertiary/aromatic N) is 2. The lowest BCUT2D eigenvalue weighted by Gasteiger charge is -2.72. The van der Waals surface area contributed by atoms with Crippen molar-refractivity contribution in [3.8, 4) is 0 Å². The highest BCUT2D eigenvalue weighted by molar-refractivity contribution is 9.09. The molecular formula is C36H51BrN2O3Si. The fourth-order valence-corrected chi connectivity index (χ4v) is 13.1. The van der Waals surface area contributed by atoms with Gasteiger partial charge in [-0.05, 0) is 97.9 Å². The van der Waals surface area contributed by atoms with Crippen molar-refractivity contribution in [2.75, 3.05) is 5.33 Å². The van der Waals surface area contributed by atoms with Gasteiger partial charge in [0.05, 0.1) is 21.9 Å². The number of hydrogen-bond acceptors (Lipinski definition) is 3. The molecule has 2 aromatic rings. The van der Waals surface area contributed by atoms with Gasteiger partial charge >= 0.3 is 0 Å². The number of allylic oxidation sites excluding steroid dienone is 2. The van der Waals surface area contributed by atoms with Gasteiger partial charge in [0.1, 0.15) is 0 Å². The maximum Gasteiger partial charge on any atom is 0.274 e. The van der Waals surface area contributed by atoms with Crippen LogP contribution in [0.4, 0.5) is 0 Å². The highest BCUT2D eigenvalue weighted by atomic mass is 79.9. The van der Waals surface area contributed by atoms with Crippen molar-refractivity contribution in [2.24, 2.45) is 34.5 Å². The monoisotopic (exact) mass is 666 g/mol. The summed E-state index contributed by atoms with van der Waals surface area (Å²) in [4.78, 5) is 29.7. The Morgan fingerprint density at radius 3 is 2.23 bits per heavy atom.